The van der Waals surface area contributed by atoms with Gasteiger partial charge in [-0.1, -0.05) is 28.1 Å². The average Bonchev–Trinajstić information content (AvgIpc) is 2.37. The average molecular weight is 321 g/mol. The molecule has 3 nitrogen and oxygen atoms in total. The molecule has 100 valence electrons. The summed E-state index contributed by atoms with van der Waals surface area (Å²) in [5, 5.41) is 0. The van der Waals surface area contributed by atoms with Gasteiger partial charge in [0.2, 0.25) is 0 Å². The molecule has 0 radical (unpaired) electrons. The van der Waals surface area contributed by atoms with Gasteiger partial charge >= 0.3 is 0 Å². The van der Waals surface area contributed by atoms with Gasteiger partial charge in [-0.15, -0.1) is 0 Å². The first kappa shape index (κ1) is 14.0. The van der Waals surface area contributed by atoms with Crippen LogP contribution in [0, 0.1) is 6.92 Å². The Morgan fingerprint density at radius 1 is 1.37 bits per heavy atom. The Labute approximate surface area is 121 Å². The van der Waals surface area contributed by atoms with Gasteiger partial charge in [0.15, 0.2) is 0 Å². The fraction of sp³-hybridized carbons (Fsp3) is 0.267. The summed E-state index contributed by atoms with van der Waals surface area (Å²) in [4.78, 5) is 4.32. The molecule has 0 saturated carbocycles. The lowest BCUT2D eigenvalue weighted by molar-refractivity contribution is 0.295. The maximum atomic E-state index is 5.95. The first-order chi connectivity index (χ1) is 9.08. The van der Waals surface area contributed by atoms with Crippen molar-refractivity contribution in [3.05, 3.63) is 57.8 Å². The van der Waals surface area contributed by atoms with Crippen molar-refractivity contribution in [3.8, 4) is 5.75 Å². The van der Waals surface area contributed by atoms with Crippen LogP contribution in [0.25, 0.3) is 0 Å². The molecule has 19 heavy (non-hydrogen) atoms. The summed E-state index contributed by atoms with van der Waals surface area (Å²) in [5.41, 5.74) is 9.02. The van der Waals surface area contributed by atoms with E-state index in [1.54, 1.807) is 6.20 Å². The molecule has 0 aliphatic heterocycles. The Bertz CT molecular complexity index is 570. The van der Waals surface area contributed by atoms with Crippen molar-refractivity contribution in [1.29, 1.82) is 0 Å². The van der Waals surface area contributed by atoms with E-state index in [1.165, 1.54) is 0 Å². The zero-order chi connectivity index (χ0) is 13.8. The van der Waals surface area contributed by atoms with Crippen molar-refractivity contribution in [2.24, 2.45) is 5.73 Å². The second kappa shape index (κ2) is 6.17. The number of aryl methyl sites for hydroxylation is 1. The monoisotopic (exact) mass is 320 g/mol. The zero-order valence-corrected chi connectivity index (χ0v) is 12.6. The fourth-order valence-electron chi connectivity index (χ4n) is 1.82. The number of ether oxygens (including phenoxy) is 1. The largest absolute Gasteiger partial charge is 0.487 e. The third kappa shape index (κ3) is 3.55. The molecule has 2 aromatic rings. The van der Waals surface area contributed by atoms with Crippen LogP contribution in [-0.4, -0.2) is 4.98 Å². The molecule has 1 aromatic heterocycles. The Hall–Kier alpha value is -1.39. The van der Waals surface area contributed by atoms with Crippen molar-refractivity contribution in [3.63, 3.8) is 0 Å². The van der Waals surface area contributed by atoms with Gasteiger partial charge in [-0.2, -0.15) is 0 Å². The number of pyridine rings is 1. The second-order valence-corrected chi connectivity index (χ2v) is 5.44. The molecule has 1 atom stereocenters. The molecule has 1 aromatic carbocycles. The highest BCUT2D eigenvalue weighted by molar-refractivity contribution is 9.10. The molecule has 0 bridgehead atoms. The van der Waals surface area contributed by atoms with Gasteiger partial charge in [0.25, 0.3) is 0 Å². The molecule has 2 rings (SSSR count). The van der Waals surface area contributed by atoms with Crippen LogP contribution in [0.4, 0.5) is 0 Å². The molecule has 1 heterocycles. The number of nitrogens with zero attached hydrogens (tertiary/aromatic N) is 1. The third-order valence-electron chi connectivity index (χ3n) is 2.95. The lowest BCUT2D eigenvalue weighted by Crippen LogP contribution is -2.09. The van der Waals surface area contributed by atoms with Crippen LogP contribution in [0.2, 0.25) is 0 Å². The standard InChI is InChI=1S/C15H17BrN2O/c1-10-4-3-7-18-14(10)9-19-15-8-12(16)5-6-13(15)11(2)17/h3-8,11H,9,17H2,1-2H3/t11-/m1/s1. The normalized spacial score (nSPS) is 12.2. The maximum absolute atomic E-state index is 5.95. The zero-order valence-electron chi connectivity index (χ0n) is 11.1. The van der Waals surface area contributed by atoms with Crippen LogP contribution in [0.1, 0.15) is 29.8 Å². The minimum absolute atomic E-state index is 0.0621. The van der Waals surface area contributed by atoms with Crippen LogP contribution in [0.3, 0.4) is 0 Å². The SMILES string of the molecule is Cc1cccnc1COc1cc(Br)ccc1[C@@H](C)N. The van der Waals surface area contributed by atoms with Crippen LogP contribution < -0.4 is 10.5 Å². The predicted molar refractivity (Wildman–Crippen MR) is 80.1 cm³/mol. The highest BCUT2D eigenvalue weighted by atomic mass is 79.9. The summed E-state index contributed by atoms with van der Waals surface area (Å²) in [6.45, 7) is 4.42. The quantitative estimate of drug-likeness (QED) is 0.933. The molecule has 0 aliphatic carbocycles. The van der Waals surface area contributed by atoms with E-state index >= 15 is 0 Å². The Balaban J connectivity index is 2.19. The first-order valence-electron chi connectivity index (χ1n) is 6.16. The van der Waals surface area contributed by atoms with Gasteiger partial charge in [0, 0.05) is 22.3 Å². The molecule has 0 aliphatic rings. The Kier molecular flexibility index (Phi) is 4.56. The number of nitrogens with two attached hydrogens (primary N) is 1. The molecule has 0 unspecified atom stereocenters. The highest BCUT2D eigenvalue weighted by Crippen LogP contribution is 2.28. The van der Waals surface area contributed by atoms with E-state index in [2.05, 4.69) is 20.9 Å². The van der Waals surface area contributed by atoms with Gasteiger partial charge < -0.3 is 10.5 Å². The van der Waals surface area contributed by atoms with Crippen molar-refractivity contribution >= 4 is 15.9 Å². The molecular formula is C15H17BrN2O. The molecule has 0 spiro atoms. The predicted octanol–water partition coefficient (Wildman–Crippen LogP) is 3.75. The summed E-state index contributed by atoms with van der Waals surface area (Å²) in [7, 11) is 0. The van der Waals surface area contributed by atoms with E-state index in [-0.39, 0.29) is 6.04 Å². The lowest BCUT2D eigenvalue weighted by atomic mass is 10.1. The molecule has 4 heteroatoms. The summed E-state index contributed by atoms with van der Waals surface area (Å²) in [5.74, 6) is 0.800. The minimum Gasteiger partial charge on any atom is -0.487 e. The molecule has 0 saturated heterocycles. The van der Waals surface area contributed by atoms with Gasteiger partial charge in [0.05, 0.1) is 5.69 Å². The maximum Gasteiger partial charge on any atom is 0.130 e. The van der Waals surface area contributed by atoms with Gasteiger partial charge in [0.1, 0.15) is 12.4 Å². The number of rotatable bonds is 4. The fourth-order valence-corrected chi connectivity index (χ4v) is 2.17. The van der Waals surface area contributed by atoms with Crippen molar-refractivity contribution in [2.45, 2.75) is 26.5 Å². The topological polar surface area (TPSA) is 48.1 Å². The van der Waals surface area contributed by atoms with Crippen molar-refractivity contribution < 1.29 is 4.74 Å². The third-order valence-corrected chi connectivity index (χ3v) is 3.44. The van der Waals surface area contributed by atoms with E-state index < -0.39 is 0 Å². The smallest absolute Gasteiger partial charge is 0.130 e. The van der Waals surface area contributed by atoms with Crippen LogP contribution in [0.15, 0.2) is 41.0 Å². The van der Waals surface area contributed by atoms with Gasteiger partial charge in [-0.05, 0) is 37.6 Å². The molecule has 0 fully saturated rings. The van der Waals surface area contributed by atoms with Gasteiger partial charge in [-0.25, -0.2) is 0 Å². The lowest BCUT2D eigenvalue weighted by Gasteiger charge is -2.14. The summed E-state index contributed by atoms with van der Waals surface area (Å²) in [6.07, 6.45) is 1.78. The van der Waals surface area contributed by atoms with Crippen LogP contribution in [-0.2, 0) is 6.61 Å². The first-order valence-corrected chi connectivity index (χ1v) is 6.95. The number of benzene rings is 1. The minimum atomic E-state index is -0.0621. The number of hydrogen-bond donors (Lipinski definition) is 1. The van der Waals surface area contributed by atoms with E-state index in [4.69, 9.17) is 10.5 Å². The Morgan fingerprint density at radius 3 is 2.84 bits per heavy atom. The van der Waals surface area contributed by atoms with Gasteiger partial charge in [-0.3, -0.25) is 4.98 Å². The molecule has 2 N–H and O–H groups in total. The highest BCUT2D eigenvalue weighted by Gasteiger charge is 2.09. The van der Waals surface area contributed by atoms with Crippen molar-refractivity contribution in [1.82, 2.24) is 4.98 Å². The van der Waals surface area contributed by atoms with E-state index in [0.29, 0.717) is 6.61 Å². The number of aromatic nitrogens is 1. The Morgan fingerprint density at radius 2 is 2.16 bits per heavy atom. The van der Waals surface area contributed by atoms with Crippen molar-refractivity contribution in [2.75, 3.05) is 0 Å². The summed E-state index contributed by atoms with van der Waals surface area (Å²) >= 11 is 3.45. The summed E-state index contributed by atoms with van der Waals surface area (Å²) in [6, 6.07) is 9.78. The molecular weight excluding hydrogens is 304 g/mol. The number of halogens is 1. The van der Waals surface area contributed by atoms with Crippen LogP contribution in [0.5, 0.6) is 5.75 Å². The molecule has 0 amide bonds. The van der Waals surface area contributed by atoms with E-state index in [0.717, 1.165) is 27.0 Å². The summed E-state index contributed by atoms with van der Waals surface area (Å²) < 4.78 is 6.85. The van der Waals surface area contributed by atoms with E-state index in [1.807, 2.05) is 44.2 Å². The second-order valence-electron chi connectivity index (χ2n) is 4.53. The number of hydrogen-bond acceptors (Lipinski definition) is 3. The van der Waals surface area contributed by atoms with Crippen LogP contribution >= 0.6 is 15.9 Å². The van der Waals surface area contributed by atoms with E-state index in [9.17, 15) is 0 Å².